The van der Waals surface area contributed by atoms with Gasteiger partial charge in [-0.3, -0.25) is 9.36 Å². The number of thiocarbonyl (C=S) groups is 1. The molecule has 2 aromatic heterocycles. The minimum absolute atomic E-state index is 0.0329. The van der Waals surface area contributed by atoms with E-state index in [1.54, 1.807) is 0 Å². The molecule has 0 bridgehead atoms. The Balaban J connectivity index is 1.53. The van der Waals surface area contributed by atoms with Crippen LogP contribution < -0.4 is 16.2 Å². The summed E-state index contributed by atoms with van der Waals surface area (Å²) in [6, 6.07) is 9.43. The van der Waals surface area contributed by atoms with E-state index in [1.807, 2.05) is 41.8 Å². The van der Waals surface area contributed by atoms with Crippen molar-refractivity contribution in [1.29, 1.82) is 0 Å². The SMILES string of the molecule is Cc1ccc(CNC(=S)Nc2ccc3nc4n(c(=O)c3c2)CCCCC4)o1. The number of nitrogens with zero attached hydrogens (tertiary/aromatic N) is 2. The minimum Gasteiger partial charge on any atom is -0.465 e. The van der Waals surface area contributed by atoms with Crippen LogP contribution in [0.1, 0.15) is 36.6 Å². The van der Waals surface area contributed by atoms with Gasteiger partial charge in [-0.2, -0.15) is 0 Å². The van der Waals surface area contributed by atoms with E-state index in [4.69, 9.17) is 21.6 Å². The summed E-state index contributed by atoms with van der Waals surface area (Å²) in [5.74, 6) is 2.59. The third-order valence-corrected chi connectivity index (χ3v) is 5.04. The summed E-state index contributed by atoms with van der Waals surface area (Å²) in [7, 11) is 0. The molecule has 3 heterocycles. The van der Waals surface area contributed by atoms with Crippen LogP contribution in [0.2, 0.25) is 0 Å². The van der Waals surface area contributed by atoms with Crippen molar-refractivity contribution in [2.45, 2.75) is 45.7 Å². The van der Waals surface area contributed by atoms with Gasteiger partial charge in [0, 0.05) is 18.7 Å². The van der Waals surface area contributed by atoms with Crippen LogP contribution >= 0.6 is 12.2 Å². The quantitative estimate of drug-likeness (QED) is 0.676. The normalized spacial score (nSPS) is 13.8. The molecule has 0 amide bonds. The molecule has 0 aliphatic carbocycles. The van der Waals surface area contributed by atoms with Crippen LogP contribution in [0.25, 0.3) is 10.9 Å². The van der Waals surface area contributed by atoms with Gasteiger partial charge in [-0.25, -0.2) is 4.98 Å². The van der Waals surface area contributed by atoms with E-state index in [2.05, 4.69) is 10.6 Å². The van der Waals surface area contributed by atoms with Crippen LogP contribution in [0.5, 0.6) is 0 Å². The summed E-state index contributed by atoms with van der Waals surface area (Å²) in [4.78, 5) is 17.6. The Hall–Kier alpha value is -2.67. The van der Waals surface area contributed by atoms with E-state index in [1.165, 1.54) is 0 Å². The molecule has 7 heteroatoms. The molecule has 3 aromatic rings. The van der Waals surface area contributed by atoms with E-state index in [9.17, 15) is 4.79 Å². The summed E-state index contributed by atoms with van der Waals surface area (Å²) in [5, 5.41) is 7.34. The summed E-state index contributed by atoms with van der Waals surface area (Å²) in [6.07, 6.45) is 4.12. The van der Waals surface area contributed by atoms with Crippen molar-refractivity contribution in [3.8, 4) is 0 Å². The predicted octanol–water partition coefficient (Wildman–Crippen LogP) is 3.51. The Kier molecular flexibility index (Phi) is 4.94. The van der Waals surface area contributed by atoms with Crippen molar-refractivity contribution in [2.24, 2.45) is 0 Å². The van der Waals surface area contributed by atoms with Crippen molar-refractivity contribution in [3.63, 3.8) is 0 Å². The molecular weight excluding hydrogens is 360 g/mol. The summed E-state index contributed by atoms with van der Waals surface area (Å²) in [5.41, 5.74) is 1.54. The highest BCUT2D eigenvalue weighted by atomic mass is 32.1. The number of nitrogens with one attached hydrogen (secondary N) is 2. The molecule has 1 aromatic carbocycles. The highest BCUT2D eigenvalue weighted by Crippen LogP contribution is 2.18. The van der Waals surface area contributed by atoms with Gasteiger partial charge in [-0.05, 0) is 62.3 Å². The van der Waals surface area contributed by atoms with Crippen molar-refractivity contribution in [3.05, 3.63) is 58.0 Å². The molecule has 1 aliphatic rings. The average molecular weight is 382 g/mol. The summed E-state index contributed by atoms with van der Waals surface area (Å²) in [6.45, 7) is 3.16. The number of hydrogen-bond acceptors (Lipinski definition) is 4. The fourth-order valence-electron chi connectivity index (χ4n) is 3.42. The highest BCUT2D eigenvalue weighted by Gasteiger charge is 2.14. The van der Waals surface area contributed by atoms with E-state index in [-0.39, 0.29) is 5.56 Å². The van der Waals surface area contributed by atoms with Gasteiger partial charge in [-0.1, -0.05) is 6.42 Å². The molecule has 0 fully saturated rings. The monoisotopic (exact) mass is 382 g/mol. The fraction of sp³-hybridized carbons (Fsp3) is 0.350. The van der Waals surface area contributed by atoms with Crippen LogP contribution in [-0.4, -0.2) is 14.7 Å². The van der Waals surface area contributed by atoms with Gasteiger partial charge in [0.2, 0.25) is 0 Å². The standard InChI is InChI=1S/C20H22N4O2S/c1-13-6-8-15(26-13)12-21-20(27)22-14-7-9-17-16(11-14)19(25)24-10-4-2-3-5-18(24)23-17/h6-9,11H,2-5,10,12H2,1H3,(H2,21,22,27). The van der Waals surface area contributed by atoms with E-state index in [0.717, 1.165) is 60.8 Å². The van der Waals surface area contributed by atoms with E-state index >= 15 is 0 Å². The first-order valence-electron chi connectivity index (χ1n) is 9.24. The molecule has 140 valence electrons. The Morgan fingerprint density at radius 3 is 2.96 bits per heavy atom. The third-order valence-electron chi connectivity index (χ3n) is 4.79. The molecule has 0 radical (unpaired) electrons. The lowest BCUT2D eigenvalue weighted by atomic mass is 10.2. The lowest BCUT2D eigenvalue weighted by Gasteiger charge is -2.12. The number of aromatic nitrogens is 2. The molecule has 0 saturated heterocycles. The maximum absolute atomic E-state index is 12.9. The molecule has 27 heavy (non-hydrogen) atoms. The Morgan fingerprint density at radius 1 is 1.26 bits per heavy atom. The van der Waals surface area contributed by atoms with Crippen molar-refractivity contribution >= 4 is 33.9 Å². The zero-order valence-electron chi connectivity index (χ0n) is 15.2. The number of furan rings is 1. The molecule has 6 nitrogen and oxygen atoms in total. The highest BCUT2D eigenvalue weighted by molar-refractivity contribution is 7.80. The van der Waals surface area contributed by atoms with Crippen LogP contribution in [0, 0.1) is 6.92 Å². The van der Waals surface area contributed by atoms with Gasteiger partial charge >= 0.3 is 0 Å². The molecule has 2 N–H and O–H groups in total. The molecule has 0 unspecified atom stereocenters. The fourth-order valence-corrected chi connectivity index (χ4v) is 3.61. The van der Waals surface area contributed by atoms with Crippen LogP contribution in [0.3, 0.4) is 0 Å². The lowest BCUT2D eigenvalue weighted by Crippen LogP contribution is -2.28. The second-order valence-corrected chi connectivity index (χ2v) is 7.26. The number of anilines is 1. The molecule has 1 aliphatic heterocycles. The average Bonchev–Trinajstić information content (AvgIpc) is 2.93. The van der Waals surface area contributed by atoms with E-state index in [0.29, 0.717) is 17.0 Å². The van der Waals surface area contributed by atoms with Crippen LogP contribution in [0.4, 0.5) is 5.69 Å². The van der Waals surface area contributed by atoms with E-state index < -0.39 is 0 Å². The number of aryl methyl sites for hydroxylation is 2. The zero-order valence-corrected chi connectivity index (χ0v) is 16.1. The molecule has 0 saturated carbocycles. The first-order valence-corrected chi connectivity index (χ1v) is 9.64. The molecule has 0 atom stereocenters. The Labute approximate surface area is 162 Å². The Morgan fingerprint density at radius 2 is 2.15 bits per heavy atom. The lowest BCUT2D eigenvalue weighted by molar-refractivity contribution is 0.478. The topological polar surface area (TPSA) is 72.1 Å². The second-order valence-electron chi connectivity index (χ2n) is 6.85. The molecule has 4 rings (SSSR count). The third kappa shape index (κ3) is 3.88. The Bertz CT molecular complexity index is 1050. The van der Waals surface area contributed by atoms with Crippen molar-refractivity contribution in [2.75, 3.05) is 5.32 Å². The number of hydrogen-bond donors (Lipinski definition) is 2. The molecular formula is C20H22N4O2S. The van der Waals surface area contributed by atoms with Crippen molar-refractivity contribution < 1.29 is 4.42 Å². The number of fused-ring (bicyclic) bond motifs is 2. The maximum atomic E-state index is 12.9. The molecule has 0 spiro atoms. The first-order chi connectivity index (χ1) is 13.1. The van der Waals surface area contributed by atoms with Crippen molar-refractivity contribution in [1.82, 2.24) is 14.9 Å². The number of benzene rings is 1. The predicted molar refractivity (Wildman–Crippen MR) is 110 cm³/mol. The van der Waals surface area contributed by atoms with Gasteiger partial charge in [0.15, 0.2) is 5.11 Å². The summed E-state index contributed by atoms with van der Waals surface area (Å²) >= 11 is 5.35. The number of rotatable bonds is 3. The summed E-state index contributed by atoms with van der Waals surface area (Å²) < 4.78 is 7.35. The van der Waals surface area contributed by atoms with Gasteiger partial charge in [-0.15, -0.1) is 0 Å². The minimum atomic E-state index is 0.0329. The van der Waals surface area contributed by atoms with Crippen LogP contribution in [-0.2, 0) is 19.5 Å². The smallest absolute Gasteiger partial charge is 0.261 e. The largest absolute Gasteiger partial charge is 0.465 e. The van der Waals surface area contributed by atoms with Gasteiger partial charge in [0.25, 0.3) is 5.56 Å². The van der Waals surface area contributed by atoms with Crippen LogP contribution in [0.15, 0.2) is 39.5 Å². The first kappa shape index (κ1) is 17.7. The van der Waals surface area contributed by atoms with Gasteiger partial charge < -0.3 is 15.1 Å². The van der Waals surface area contributed by atoms with Gasteiger partial charge in [0.05, 0.1) is 17.4 Å². The zero-order chi connectivity index (χ0) is 18.8. The van der Waals surface area contributed by atoms with Gasteiger partial charge in [0.1, 0.15) is 17.3 Å². The maximum Gasteiger partial charge on any atom is 0.261 e. The second kappa shape index (κ2) is 7.52.